The molecule has 0 unspecified atom stereocenters. The Kier molecular flexibility index (Phi) is 4.04. The number of carbonyl (C=O) groups is 1. The van der Waals surface area contributed by atoms with Crippen LogP contribution in [0.1, 0.15) is 35.1 Å². The summed E-state index contributed by atoms with van der Waals surface area (Å²) < 4.78 is 3.96. The number of benzene rings is 1. The maximum Gasteiger partial charge on any atom is 0.270 e. The van der Waals surface area contributed by atoms with Gasteiger partial charge in [0.1, 0.15) is 11.5 Å². The number of para-hydroxylation sites is 1. The van der Waals surface area contributed by atoms with Gasteiger partial charge in [-0.25, -0.2) is 4.98 Å². The molecule has 2 aromatic heterocycles. The molecule has 3 heterocycles. The van der Waals surface area contributed by atoms with E-state index in [1.165, 1.54) is 0 Å². The van der Waals surface area contributed by atoms with E-state index < -0.39 is 0 Å². The summed E-state index contributed by atoms with van der Waals surface area (Å²) in [5.41, 5.74) is 1.59. The van der Waals surface area contributed by atoms with Gasteiger partial charge in [0, 0.05) is 50.9 Å². The molecule has 5 nitrogen and oxygen atoms in total. The Balaban J connectivity index is 1.64. The van der Waals surface area contributed by atoms with Crippen molar-refractivity contribution in [3.05, 3.63) is 53.2 Å². The van der Waals surface area contributed by atoms with Crippen LogP contribution in [0.25, 0.3) is 10.9 Å². The summed E-state index contributed by atoms with van der Waals surface area (Å²) >= 11 is 6.32. The molecule has 1 atom stereocenters. The number of halogens is 1. The van der Waals surface area contributed by atoms with Crippen molar-refractivity contribution in [2.45, 2.75) is 18.8 Å². The SMILES string of the molecule is Cn1ccnc1[C@@H]1CCCN(C(=O)c2cc3cccc(Cl)c3n2C)C1. The van der Waals surface area contributed by atoms with Crippen molar-refractivity contribution in [2.75, 3.05) is 13.1 Å². The monoisotopic (exact) mass is 356 g/mol. The summed E-state index contributed by atoms with van der Waals surface area (Å²) in [4.78, 5) is 19.6. The maximum absolute atomic E-state index is 13.1. The normalized spacial score (nSPS) is 18.0. The van der Waals surface area contributed by atoms with E-state index in [0.29, 0.717) is 17.3 Å². The largest absolute Gasteiger partial charge is 0.338 e. The molecule has 0 aliphatic carbocycles. The lowest BCUT2D eigenvalue weighted by Crippen LogP contribution is -2.40. The number of hydrogen-bond acceptors (Lipinski definition) is 2. The first-order chi connectivity index (χ1) is 12.1. The lowest BCUT2D eigenvalue weighted by Gasteiger charge is -2.32. The highest BCUT2D eigenvalue weighted by molar-refractivity contribution is 6.35. The predicted molar refractivity (Wildman–Crippen MR) is 99.0 cm³/mol. The fourth-order valence-corrected chi connectivity index (χ4v) is 4.19. The van der Waals surface area contributed by atoms with Crippen LogP contribution in [0.3, 0.4) is 0 Å². The molecule has 0 spiro atoms. The average molecular weight is 357 g/mol. The quantitative estimate of drug-likeness (QED) is 0.704. The molecule has 4 rings (SSSR count). The minimum Gasteiger partial charge on any atom is -0.338 e. The zero-order valence-corrected chi connectivity index (χ0v) is 15.2. The number of rotatable bonds is 2. The second-order valence-corrected chi connectivity index (χ2v) is 7.16. The van der Waals surface area contributed by atoms with Crippen LogP contribution in [-0.4, -0.2) is 38.0 Å². The third-order valence-corrected chi connectivity index (χ3v) is 5.46. The maximum atomic E-state index is 13.1. The predicted octanol–water partition coefficient (Wildman–Crippen LogP) is 3.59. The molecule has 25 heavy (non-hydrogen) atoms. The molecule has 1 fully saturated rings. The zero-order chi connectivity index (χ0) is 17.6. The lowest BCUT2D eigenvalue weighted by atomic mass is 9.97. The van der Waals surface area contributed by atoms with Crippen LogP contribution >= 0.6 is 11.6 Å². The molecule has 3 aromatic rings. The lowest BCUT2D eigenvalue weighted by molar-refractivity contribution is 0.0694. The number of aryl methyl sites for hydroxylation is 2. The van der Waals surface area contributed by atoms with Crippen LogP contribution in [0, 0.1) is 0 Å². The number of piperidine rings is 1. The van der Waals surface area contributed by atoms with E-state index in [1.54, 1.807) is 0 Å². The van der Waals surface area contributed by atoms with Crippen LogP contribution in [0.4, 0.5) is 0 Å². The summed E-state index contributed by atoms with van der Waals surface area (Å²) in [6.45, 7) is 1.49. The van der Waals surface area contributed by atoms with Gasteiger partial charge in [-0.3, -0.25) is 4.79 Å². The summed E-state index contributed by atoms with van der Waals surface area (Å²) in [7, 11) is 3.91. The number of nitrogens with zero attached hydrogens (tertiary/aromatic N) is 4. The number of fused-ring (bicyclic) bond motifs is 1. The minimum atomic E-state index is 0.0636. The van der Waals surface area contributed by atoms with Crippen LogP contribution in [0.15, 0.2) is 36.7 Å². The van der Waals surface area contributed by atoms with E-state index in [2.05, 4.69) is 9.55 Å². The van der Waals surface area contributed by atoms with Gasteiger partial charge in [-0.15, -0.1) is 0 Å². The number of carbonyl (C=O) groups excluding carboxylic acids is 1. The molecule has 0 saturated carbocycles. The van der Waals surface area contributed by atoms with Crippen LogP contribution in [0.2, 0.25) is 5.02 Å². The highest BCUT2D eigenvalue weighted by Crippen LogP contribution is 2.29. The highest BCUT2D eigenvalue weighted by Gasteiger charge is 2.29. The van der Waals surface area contributed by atoms with E-state index >= 15 is 0 Å². The standard InChI is InChI=1S/C19H21ClN4O/c1-22-10-8-21-18(22)14-6-4-9-24(12-14)19(25)16-11-13-5-3-7-15(20)17(13)23(16)2/h3,5,7-8,10-11,14H,4,6,9,12H2,1-2H3/t14-/m1/s1. The van der Waals surface area contributed by atoms with Crippen LogP contribution < -0.4 is 0 Å². The molecule has 1 aliphatic rings. The van der Waals surface area contributed by atoms with Crippen molar-refractivity contribution < 1.29 is 4.79 Å². The molecule has 6 heteroatoms. The first kappa shape index (κ1) is 16.2. The summed E-state index contributed by atoms with van der Waals surface area (Å²) in [6, 6.07) is 7.70. The second kappa shape index (κ2) is 6.23. The fourth-order valence-electron chi connectivity index (χ4n) is 3.88. The third kappa shape index (κ3) is 2.72. The van der Waals surface area contributed by atoms with Crippen molar-refractivity contribution in [3.8, 4) is 0 Å². The van der Waals surface area contributed by atoms with Gasteiger partial charge in [0.2, 0.25) is 0 Å². The number of aromatic nitrogens is 3. The Bertz CT molecular complexity index is 942. The Hall–Kier alpha value is -2.27. The first-order valence-corrected chi connectivity index (χ1v) is 8.94. The summed E-state index contributed by atoms with van der Waals surface area (Å²) in [6.07, 6.45) is 5.84. The molecule has 1 amide bonds. The first-order valence-electron chi connectivity index (χ1n) is 8.56. The van der Waals surface area contributed by atoms with Gasteiger partial charge in [0.15, 0.2) is 0 Å². The summed E-state index contributed by atoms with van der Waals surface area (Å²) in [5, 5.41) is 1.67. The molecule has 0 radical (unpaired) electrons. The fraction of sp³-hybridized carbons (Fsp3) is 0.368. The molecule has 1 saturated heterocycles. The van der Waals surface area contributed by atoms with E-state index in [1.807, 2.05) is 60.2 Å². The Morgan fingerprint density at radius 1 is 1.32 bits per heavy atom. The third-order valence-electron chi connectivity index (χ3n) is 5.16. The van der Waals surface area contributed by atoms with Gasteiger partial charge in [-0.05, 0) is 25.0 Å². The number of likely N-dealkylation sites (tertiary alicyclic amines) is 1. The molecule has 0 N–H and O–H groups in total. The van der Waals surface area contributed by atoms with Gasteiger partial charge >= 0.3 is 0 Å². The van der Waals surface area contributed by atoms with Gasteiger partial charge in [-0.1, -0.05) is 23.7 Å². The van der Waals surface area contributed by atoms with E-state index in [-0.39, 0.29) is 11.8 Å². The van der Waals surface area contributed by atoms with Gasteiger partial charge in [0.05, 0.1) is 10.5 Å². The van der Waals surface area contributed by atoms with E-state index in [0.717, 1.165) is 36.1 Å². The van der Waals surface area contributed by atoms with Gasteiger partial charge in [0.25, 0.3) is 5.91 Å². The molecule has 1 aromatic carbocycles. The number of hydrogen-bond donors (Lipinski definition) is 0. The van der Waals surface area contributed by atoms with Crippen molar-refractivity contribution in [1.29, 1.82) is 0 Å². The Labute approximate surface area is 151 Å². The molecule has 0 bridgehead atoms. The smallest absolute Gasteiger partial charge is 0.270 e. The van der Waals surface area contributed by atoms with Crippen molar-refractivity contribution in [2.24, 2.45) is 14.1 Å². The zero-order valence-electron chi connectivity index (χ0n) is 14.4. The topological polar surface area (TPSA) is 43.1 Å². The number of imidazole rings is 1. The average Bonchev–Trinajstić information content (AvgIpc) is 3.19. The van der Waals surface area contributed by atoms with E-state index in [4.69, 9.17) is 11.6 Å². The summed E-state index contributed by atoms with van der Waals surface area (Å²) in [5.74, 6) is 1.40. The Morgan fingerprint density at radius 2 is 2.16 bits per heavy atom. The van der Waals surface area contributed by atoms with Crippen LogP contribution in [-0.2, 0) is 14.1 Å². The molecular weight excluding hydrogens is 336 g/mol. The molecule has 1 aliphatic heterocycles. The van der Waals surface area contributed by atoms with Crippen molar-refractivity contribution in [3.63, 3.8) is 0 Å². The van der Waals surface area contributed by atoms with Gasteiger partial charge < -0.3 is 14.0 Å². The second-order valence-electron chi connectivity index (χ2n) is 6.75. The van der Waals surface area contributed by atoms with E-state index in [9.17, 15) is 4.79 Å². The molecular formula is C19H21ClN4O. The minimum absolute atomic E-state index is 0.0636. The van der Waals surface area contributed by atoms with Crippen molar-refractivity contribution in [1.82, 2.24) is 19.0 Å². The van der Waals surface area contributed by atoms with Crippen LogP contribution in [0.5, 0.6) is 0 Å². The molecule has 130 valence electrons. The number of amides is 1. The van der Waals surface area contributed by atoms with Crippen molar-refractivity contribution >= 4 is 28.4 Å². The van der Waals surface area contributed by atoms with Gasteiger partial charge in [-0.2, -0.15) is 0 Å². The highest BCUT2D eigenvalue weighted by atomic mass is 35.5. The Morgan fingerprint density at radius 3 is 2.88 bits per heavy atom.